The largest absolute Gasteiger partial charge is 0.457 e. The van der Waals surface area contributed by atoms with Gasteiger partial charge in [-0.2, -0.15) is 0 Å². The number of aromatic nitrogens is 2. The molecule has 0 unspecified atom stereocenters. The van der Waals surface area contributed by atoms with Crippen molar-refractivity contribution in [3.8, 4) is 17.3 Å². The molecule has 2 aliphatic heterocycles. The van der Waals surface area contributed by atoms with Crippen LogP contribution in [0.15, 0.2) is 103 Å². The molecule has 42 heavy (non-hydrogen) atoms. The van der Waals surface area contributed by atoms with Gasteiger partial charge in [-0.25, -0.2) is 4.98 Å². The van der Waals surface area contributed by atoms with E-state index in [9.17, 15) is 0 Å². The van der Waals surface area contributed by atoms with Crippen LogP contribution in [0.2, 0.25) is 0 Å². The molecule has 5 aromatic rings. The average molecular weight is 553 g/mol. The maximum atomic E-state index is 6.55. The minimum absolute atomic E-state index is 0.0198. The Morgan fingerprint density at radius 2 is 1.71 bits per heavy atom. The van der Waals surface area contributed by atoms with E-state index in [-0.39, 0.29) is 5.41 Å². The summed E-state index contributed by atoms with van der Waals surface area (Å²) in [5.74, 6) is 3.71. The molecule has 0 N–H and O–H groups in total. The SMILES string of the molecule is Cc1cc(C)c2c(c1)c1ccc(Oc3cccc(C4=CN(C)C5=CC=CCN45)c3)cc1n2-c1cc(C(C)(C)C)ccn1. The van der Waals surface area contributed by atoms with E-state index in [1.165, 1.54) is 44.5 Å². The van der Waals surface area contributed by atoms with Crippen molar-refractivity contribution in [2.24, 2.45) is 0 Å². The van der Waals surface area contributed by atoms with Crippen LogP contribution in [0.1, 0.15) is 43.0 Å². The first kappa shape index (κ1) is 26.1. The topological polar surface area (TPSA) is 33.5 Å². The van der Waals surface area contributed by atoms with E-state index in [1.54, 1.807) is 0 Å². The predicted octanol–water partition coefficient (Wildman–Crippen LogP) is 8.84. The van der Waals surface area contributed by atoms with E-state index >= 15 is 0 Å². The smallest absolute Gasteiger partial charge is 0.137 e. The van der Waals surface area contributed by atoms with Gasteiger partial charge in [0.1, 0.15) is 23.1 Å². The zero-order chi connectivity index (χ0) is 29.2. The van der Waals surface area contributed by atoms with Gasteiger partial charge in [0.2, 0.25) is 0 Å². The summed E-state index contributed by atoms with van der Waals surface area (Å²) >= 11 is 0. The number of fused-ring (bicyclic) bond motifs is 4. The van der Waals surface area contributed by atoms with E-state index in [1.807, 2.05) is 12.3 Å². The Morgan fingerprint density at radius 3 is 2.55 bits per heavy atom. The number of pyridine rings is 1. The summed E-state index contributed by atoms with van der Waals surface area (Å²) in [4.78, 5) is 9.36. The number of aryl methyl sites for hydroxylation is 2. The third kappa shape index (κ3) is 4.37. The quantitative estimate of drug-likeness (QED) is 0.223. The molecule has 0 bridgehead atoms. The number of nitrogens with zero attached hydrogens (tertiary/aromatic N) is 4. The number of hydrogen-bond donors (Lipinski definition) is 0. The molecule has 3 aromatic carbocycles. The summed E-state index contributed by atoms with van der Waals surface area (Å²) < 4.78 is 8.85. The van der Waals surface area contributed by atoms with E-state index in [2.05, 4.69) is 141 Å². The lowest BCUT2D eigenvalue weighted by molar-refractivity contribution is 0.426. The van der Waals surface area contributed by atoms with Crippen LogP contribution in [0, 0.1) is 13.8 Å². The Labute approximate surface area is 247 Å². The molecule has 7 rings (SSSR count). The summed E-state index contributed by atoms with van der Waals surface area (Å²) in [7, 11) is 2.09. The van der Waals surface area contributed by atoms with Gasteiger partial charge in [0, 0.05) is 48.4 Å². The molecule has 0 radical (unpaired) electrons. The second kappa shape index (κ2) is 9.66. The fourth-order valence-electron chi connectivity index (χ4n) is 6.25. The van der Waals surface area contributed by atoms with Crippen LogP contribution >= 0.6 is 0 Å². The van der Waals surface area contributed by atoms with Crippen molar-refractivity contribution in [1.29, 1.82) is 0 Å². The highest BCUT2D eigenvalue weighted by atomic mass is 16.5. The van der Waals surface area contributed by atoms with Crippen molar-refractivity contribution in [3.63, 3.8) is 0 Å². The van der Waals surface area contributed by atoms with Gasteiger partial charge < -0.3 is 14.5 Å². The van der Waals surface area contributed by atoms with E-state index in [4.69, 9.17) is 9.72 Å². The second-order valence-electron chi connectivity index (χ2n) is 12.5. The van der Waals surface area contributed by atoms with Gasteiger partial charge in [-0.1, -0.05) is 56.7 Å². The Kier molecular flexibility index (Phi) is 6.01. The lowest BCUT2D eigenvalue weighted by Crippen LogP contribution is -2.24. The molecule has 210 valence electrons. The van der Waals surface area contributed by atoms with Crippen molar-refractivity contribution in [3.05, 3.63) is 125 Å². The highest BCUT2D eigenvalue weighted by Gasteiger charge is 2.26. The normalized spacial score (nSPS) is 14.9. The van der Waals surface area contributed by atoms with Crippen LogP contribution in [-0.4, -0.2) is 32.9 Å². The number of ether oxygens (including phenoxy) is 1. The lowest BCUT2D eigenvalue weighted by Gasteiger charge is -2.26. The van der Waals surface area contributed by atoms with Crippen LogP contribution in [0.5, 0.6) is 11.5 Å². The van der Waals surface area contributed by atoms with Crippen LogP contribution < -0.4 is 4.74 Å². The molecule has 0 saturated carbocycles. The average Bonchev–Trinajstić information content (AvgIpc) is 3.48. The first-order valence-corrected chi connectivity index (χ1v) is 14.6. The molecule has 2 aromatic heterocycles. The van der Waals surface area contributed by atoms with Crippen LogP contribution in [-0.2, 0) is 5.41 Å². The minimum atomic E-state index is 0.0198. The molecule has 0 aliphatic carbocycles. The molecule has 0 saturated heterocycles. The molecule has 0 fully saturated rings. The third-order valence-electron chi connectivity index (χ3n) is 8.29. The van der Waals surface area contributed by atoms with Gasteiger partial charge >= 0.3 is 0 Å². The first-order chi connectivity index (χ1) is 20.2. The fourth-order valence-corrected chi connectivity index (χ4v) is 6.25. The molecular weight excluding hydrogens is 516 g/mol. The van der Waals surface area contributed by atoms with Crippen LogP contribution in [0.4, 0.5) is 0 Å². The number of allylic oxidation sites excluding steroid dienone is 2. The van der Waals surface area contributed by atoms with E-state index in [0.29, 0.717) is 0 Å². The zero-order valence-electron chi connectivity index (χ0n) is 25.1. The van der Waals surface area contributed by atoms with Gasteiger partial charge in [0.25, 0.3) is 0 Å². The van der Waals surface area contributed by atoms with E-state index < -0.39 is 0 Å². The molecular formula is C37H36N4O. The lowest BCUT2D eigenvalue weighted by atomic mass is 9.88. The fraction of sp³-hybridized carbons (Fsp3) is 0.216. The summed E-state index contributed by atoms with van der Waals surface area (Å²) in [5.41, 5.74) is 8.33. The number of benzene rings is 3. The summed E-state index contributed by atoms with van der Waals surface area (Å²) in [6.45, 7) is 11.9. The Bertz CT molecular complexity index is 1970. The van der Waals surface area contributed by atoms with Crippen LogP contribution in [0.25, 0.3) is 33.3 Å². The van der Waals surface area contributed by atoms with Crippen molar-refractivity contribution < 1.29 is 4.74 Å². The van der Waals surface area contributed by atoms with Gasteiger partial charge in [0.15, 0.2) is 0 Å². The Hall–Kier alpha value is -4.77. The summed E-state index contributed by atoms with van der Waals surface area (Å²) in [5, 5.41) is 2.42. The van der Waals surface area contributed by atoms with Gasteiger partial charge in [-0.05, 0) is 78.9 Å². The molecule has 0 atom stereocenters. The van der Waals surface area contributed by atoms with Crippen molar-refractivity contribution >= 4 is 27.5 Å². The van der Waals surface area contributed by atoms with Gasteiger partial charge in [-0.15, -0.1) is 0 Å². The number of rotatable bonds is 4. The van der Waals surface area contributed by atoms with Gasteiger partial charge in [0.05, 0.1) is 16.7 Å². The molecule has 2 aliphatic rings. The van der Waals surface area contributed by atoms with E-state index in [0.717, 1.165) is 34.9 Å². The number of hydrogen-bond acceptors (Lipinski definition) is 4. The summed E-state index contributed by atoms with van der Waals surface area (Å²) in [6, 6.07) is 23.7. The highest BCUT2D eigenvalue weighted by Crippen LogP contribution is 2.39. The molecule has 5 nitrogen and oxygen atoms in total. The molecule has 5 heteroatoms. The summed E-state index contributed by atoms with van der Waals surface area (Å²) in [6.07, 6.45) is 10.6. The zero-order valence-corrected chi connectivity index (χ0v) is 25.1. The Balaban J connectivity index is 1.33. The first-order valence-electron chi connectivity index (χ1n) is 14.6. The van der Waals surface area contributed by atoms with Crippen molar-refractivity contribution in [2.75, 3.05) is 13.6 Å². The molecule has 0 spiro atoms. The Morgan fingerprint density at radius 1 is 0.881 bits per heavy atom. The maximum Gasteiger partial charge on any atom is 0.137 e. The minimum Gasteiger partial charge on any atom is -0.457 e. The maximum absolute atomic E-state index is 6.55. The standard InChI is InChI=1S/C37H36N4O/c1-24-18-25(2)36-31(19-24)30-14-13-29(22-32(30)41(36)34-21-27(15-16-38-34)37(3,4)5)42-28-11-9-10-26(20-28)33-23-39(6)35-12-7-8-17-40(33)35/h7-16,18-23H,17H2,1-6H3. The molecule has 4 heterocycles. The van der Waals surface area contributed by atoms with Gasteiger partial charge in [-0.3, -0.25) is 4.57 Å². The van der Waals surface area contributed by atoms with Crippen molar-refractivity contribution in [2.45, 2.75) is 40.0 Å². The monoisotopic (exact) mass is 552 g/mol. The third-order valence-corrected chi connectivity index (χ3v) is 8.29. The molecule has 0 amide bonds. The second-order valence-corrected chi connectivity index (χ2v) is 12.5. The van der Waals surface area contributed by atoms with Crippen LogP contribution in [0.3, 0.4) is 0 Å². The predicted molar refractivity (Wildman–Crippen MR) is 173 cm³/mol. The van der Waals surface area contributed by atoms with Crippen molar-refractivity contribution in [1.82, 2.24) is 19.4 Å². The highest BCUT2D eigenvalue weighted by molar-refractivity contribution is 6.10.